The minimum absolute atomic E-state index is 0.0395. The normalized spacial score (nSPS) is 11.4. The second kappa shape index (κ2) is 7.77. The molecule has 0 aliphatic heterocycles. The maximum Gasteiger partial charge on any atom is 0.334 e. The number of carbonyl (C=O) groups excluding carboxylic acids is 2. The number of fused-ring (bicyclic) bond motifs is 1. The number of nitrogens with zero attached hydrogens (tertiary/aromatic N) is 1. The Balaban J connectivity index is 2.03. The summed E-state index contributed by atoms with van der Waals surface area (Å²) in [7, 11) is 0. The van der Waals surface area contributed by atoms with Gasteiger partial charge in [-0.3, -0.25) is 4.79 Å². The summed E-state index contributed by atoms with van der Waals surface area (Å²) >= 11 is 0. The fraction of sp³-hybridized carbons (Fsp3) is 0.105. The van der Waals surface area contributed by atoms with Crippen molar-refractivity contribution in [2.75, 3.05) is 5.32 Å². The van der Waals surface area contributed by atoms with Gasteiger partial charge in [-0.15, -0.1) is 0 Å². The van der Waals surface area contributed by atoms with E-state index < -0.39 is 23.5 Å². The van der Waals surface area contributed by atoms with Gasteiger partial charge < -0.3 is 14.6 Å². The van der Waals surface area contributed by atoms with Crippen LogP contribution in [0.4, 0.5) is 14.5 Å². The van der Waals surface area contributed by atoms with Crippen molar-refractivity contribution < 1.29 is 27.6 Å². The molecule has 0 saturated heterocycles. The van der Waals surface area contributed by atoms with E-state index in [1.807, 2.05) is 0 Å². The number of halogens is 2. The van der Waals surface area contributed by atoms with Crippen molar-refractivity contribution in [2.45, 2.75) is 13.3 Å². The number of hydrogen-bond acceptors (Lipinski definition) is 5. The van der Waals surface area contributed by atoms with Crippen LogP contribution in [0.5, 0.6) is 0 Å². The molecule has 1 aromatic heterocycles. The molecule has 0 fully saturated rings. The van der Waals surface area contributed by atoms with Crippen LogP contribution in [0.1, 0.15) is 23.7 Å². The largest absolute Gasteiger partial charge is 0.435 e. The fourth-order valence-corrected chi connectivity index (χ4v) is 2.23. The summed E-state index contributed by atoms with van der Waals surface area (Å²) in [6.07, 6.45) is 0.0907. The maximum atomic E-state index is 13.3. The Morgan fingerprint density at radius 2 is 1.89 bits per heavy atom. The molecule has 0 spiro atoms. The van der Waals surface area contributed by atoms with Gasteiger partial charge in [0.1, 0.15) is 11.1 Å². The minimum Gasteiger partial charge on any atom is -0.435 e. The number of nitrogens with one attached hydrogen (secondary N) is 1. The van der Waals surface area contributed by atoms with Crippen molar-refractivity contribution in [2.24, 2.45) is 5.16 Å². The Hall–Kier alpha value is -3.55. The van der Waals surface area contributed by atoms with E-state index in [1.165, 1.54) is 12.1 Å². The molecule has 2 aromatic carbocycles. The molecule has 0 atom stereocenters. The molecule has 3 rings (SSSR count). The third-order valence-electron chi connectivity index (χ3n) is 3.60. The number of anilines is 1. The first-order valence-corrected chi connectivity index (χ1v) is 8.01. The van der Waals surface area contributed by atoms with Crippen molar-refractivity contribution in [3.8, 4) is 0 Å². The van der Waals surface area contributed by atoms with Gasteiger partial charge in [0.2, 0.25) is 0 Å². The SMILES string of the molecule is CCC(=O)ON=c1oc2ccccc2cc1C(=O)Nc1ccc(F)c(F)c1. The standard InChI is InChI=1S/C19H14F2N2O4/c1-2-17(24)27-23-19-13(9-11-5-3-4-6-16(11)26-19)18(25)22-12-7-8-14(20)15(21)10-12/h3-10H,2H2,1H3,(H,22,25). The quantitative estimate of drug-likeness (QED) is 0.559. The van der Waals surface area contributed by atoms with E-state index in [9.17, 15) is 18.4 Å². The Labute approximate surface area is 152 Å². The Kier molecular flexibility index (Phi) is 5.25. The molecule has 0 bridgehead atoms. The Morgan fingerprint density at radius 1 is 1.11 bits per heavy atom. The number of para-hydroxylation sites is 1. The summed E-state index contributed by atoms with van der Waals surface area (Å²) < 4.78 is 31.9. The third kappa shape index (κ3) is 4.17. The number of rotatable bonds is 4. The maximum absolute atomic E-state index is 13.3. The van der Waals surface area contributed by atoms with Crippen LogP contribution >= 0.6 is 0 Å². The van der Waals surface area contributed by atoms with E-state index in [-0.39, 0.29) is 23.2 Å². The predicted octanol–water partition coefficient (Wildman–Crippen LogP) is 3.73. The van der Waals surface area contributed by atoms with E-state index in [4.69, 9.17) is 9.25 Å². The zero-order valence-corrected chi connectivity index (χ0v) is 14.2. The molecule has 1 N–H and O–H groups in total. The summed E-state index contributed by atoms with van der Waals surface area (Å²) in [6, 6.07) is 11.3. The van der Waals surface area contributed by atoms with Crippen LogP contribution in [-0.4, -0.2) is 11.9 Å². The molecule has 0 saturated carbocycles. The van der Waals surface area contributed by atoms with Gasteiger partial charge in [0.15, 0.2) is 11.6 Å². The molecule has 27 heavy (non-hydrogen) atoms. The van der Waals surface area contributed by atoms with Crippen molar-refractivity contribution >= 4 is 28.5 Å². The number of benzene rings is 2. The second-order valence-electron chi connectivity index (χ2n) is 5.49. The first kappa shape index (κ1) is 18.2. The summed E-state index contributed by atoms with van der Waals surface area (Å²) in [5.41, 5.74) is 0.203. The van der Waals surface area contributed by atoms with Crippen molar-refractivity contribution in [3.63, 3.8) is 0 Å². The highest BCUT2D eigenvalue weighted by Crippen LogP contribution is 2.16. The third-order valence-corrected chi connectivity index (χ3v) is 3.60. The lowest BCUT2D eigenvalue weighted by molar-refractivity contribution is -0.144. The highest BCUT2D eigenvalue weighted by Gasteiger charge is 2.15. The van der Waals surface area contributed by atoms with E-state index in [0.29, 0.717) is 11.0 Å². The van der Waals surface area contributed by atoms with Gasteiger partial charge in [0.25, 0.3) is 11.5 Å². The molecule has 3 aromatic rings. The van der Waals surface area contributed by atoms with Gasteiger partial charge in [0, 0.05) is 23.6 Å². The molecule has 138 valence electrons. The highest BCUT2D eigenvalue weighted by molar-refractivity contribution is 6.05. The minimum atomic E-state index is -1.10. The molecule has 1 heterocycles. The molecule has 1 amide bonds. The number of amides is 1. The van der Waals surface area contributed by atoms with Crippen LogP contribution in [0, 0.1) is 11.6 Å². The van der Waals surface area contributed by atoms with Crippen molar-refractivity contribution in [1.82, 2.24) is 0 Å². The van der Waals surface area contributed by atoms with Crippen LogP contribution < -0.4 is 10.9 Å². The van der Waals surface area contributed by atoms with E-state index in [0.717, 1.165) is 12.1 Å². The zero-order valence-electron chi connectivity index (χ0n) is 14.2. The van der Waals surface area contributed by atoms with Gasteiger partial charge in [-0.05, 0) is 29.4 Å². The lowest BCUT2D eigenvalue weighted by Gasteiger charge is -2.07. The molecule has 0 unspecified atom stereocenters. The van der Waals surface area contributed by atoms with E-state index in [2.05, 4.69) is 10.5 Å². The number of carbonyl (C=O) groups is 2. The smallest absolute Gasteiger partial charge is 0.334 e. The second-order valence-corrected chi connectivity index (χ2v) is 5.49. The van der Waals surface area contributed by atoms with Crippen LogP contribution in [-0.2, 0) is 9.63 Å². The summed E-state index contributed by atoms with van der Waals surface area (Å²) in [5.74, 6) is -3.43. The van der Waals surface area contributed by atoms with Crippen LogP contribution in [0.25, 0.3) is 11.0 Å². The van der Waals surface area contributed by atoms with Crippen molar-refractivity contribution in [1.29, 1.82) is 0 Å². The molecule has 0 radical (unpaired) electrons. The summed E-state index contributed by atoms with van der Waals surface area (Å²) in [5, 5.41) is 6.64. The van der Waals surface area contributed by atoms with Gasteiger partial charge >= 0.3 is 5.97 Å². The zero-order chi connectivity index (χ0) is 19.4. The topological polar surface area (TPSA) is 80.9 Å². The molecular formula is C19H14F2N2O4. The summed E-state index contributed by atoms with van der Waals surface area (Å²) in [6.45, 7) is 1.59. The van der Waals surface area contributed by atoms with Gasteiger partial charge in [-0.25, -0.2) is 13.6 Å². The van der Waals surface area contributed by atoms with Crippen LogP contribution in [0.2, 0.25) is 0 Å². The van der Waals surface area contributed by atoms with Crippen LogP contribution in [0.3, 0.4) is 0 Å². The van der Waals surface area contributed by atoms with Gasteiger partial charge in [-0.2, -0.15) is 0 Å². The van der Waals surface area contributed by atoms with Gasteiger partial charge in [-0.1, -0.05) is 25.1 Å². The van der Waals surface area contributed by atoms with E-state index in [1.54, 1.807) is 31.2 Å². The molecular weight excluding hydrogens is 358 g/mol. The average Bonchev–Trinajstić information content (AvgIpc) is 2.68. The number of hydrogen-bond donors (Lipinski definition) is 1. The fourth-order valence-electron chi connectivity index (χ4n) is 2.23. The molecule has 6 nitrogen and oxygen atoms in total. The molecule has 0 aliphatic carbocycles. The monoisotopic (exact) mass is 372 g/mol. The first-order chi connectivity index (χ1) is 13.0. The van der Waals surface area contributed by atoms with E-state index >= 15 is 0 Å². The Bertz CT molecular complexity index is 1090. The first-order valence-electron chi connectivity index (χ1n) is 8.01. The lowest BCUT2D eigenvalue weighted by atomic mass is 10.1. The van der Waals surface area contributed by atoms with Crippen molar-refractivity contribution in [3.05, 3.63) is 71.3 Å². The average molecular weight is 372 g/mol. The molecule has 8 heteroatoms. The highest BCUT2D eigenvalue weighted by atomic mass is 19.2. The lowest BCUT2D eigenvalue weighted by Crippen LogP contribution is -2.22. The predicted molar refractivity (Wildman–Crippen MR) is 92.5 cm³/mol. The molecule has 0 aliphatic rings. The van der Waals surface area contributed by atoms with Crippen LogP contribution in [0.15, 0.2) is 58.1 Å². The summed E-state index contributed by atoms with van der Waals surface area (Å²) in [4.78, 5) is 28.7. The van der Waals surface area contributed by atoms with Gasteiger partial charge in [0.05, 0.1) is 0 Å². The Morgan fingerprint density at radius 3 is 2.63 bits per heavy atom.